The molecule has 1 aromatic rings. The van der Waals surface area contributed by atoms with Crippen molar-refractivity contribution in [3.05, 3.63) is 28.2 Å². The molecular formula is C10H12Cl2OS. The molecule has 0 unspecified atom stereocenters. The zero-order valence-electron chi connectivity index (χ0n) is 8.05. The molecule has 1 N–H and O–H groups in total. The molecule has 0 fully saturated rings. The average molecular weight is 251 g/mol. The number of benzene rings is 1. The summed E-state index contributed by atoms with van der Waals surface area (Å²) in [5, 5.41) is 10.6. The molecule has 0 spiro atoms. The molecule has 0 saturated heterocycles. The number of halogens is 2. The van der Waals surface area contributed by atoms with E-state index in [1.165, 1.54) is 0 Å². The second-order valence-corrected chi connectivity index (χ2v) is 5.54. The summed E-state index contributed by atoms with van der Waals surface area (Å²) in [6.45, 7) is 3.55. The molecule has 14 heavy (non-hydrogen) atoms. The molecule has 0 aromatic heterocycles. The van der Waals surface area contributed by atoms with Crippen molar-refractivity contribution in [1.29, 1.82) is 0 Å². The van der Waals surface area contributed by atoms with E-state index in [0.29, 0.717) is 15.8 Å². The molecule has 4 heteroatoms. The van der Waals surface area contributed by atoms with Crippen LogP contribution in [-0.4, -0.2) is 16.5 Å². The summed E-state index contributed by atoms with van der Waals surface area (Å²) in [4.78, 5) is 1.02. The molecule has 0 aliphatic rings. The first-order valence-electron chi connectivity index (χ1n) is 4.19. The summed E-state index contributed by atoms with van der Waals surface area (Å²) in [7, 11) is 0. The summed E-state index contributed by atoms with van der Waals surface area (Å²) >= 11 is 13.2. The Morgan fingerprint density at radius 1 is 1.29 bits per heavy atom. The number of aliphatic hydroxyl groups is 1. The molecule has 0 amide bonds. The van der Waals surface area contributed by atoms with Gasteiger partial charge < -0.3 is 5.11 Å². The van der Waals surface area contributed by atoms with E-state index in [0.717, 1.165) is 4.90 Å². The summed E-state index contributed by atoms with van der Waals surface area (Å²) in [6.07, 6.45) is 0. The normalized spacial score (nSPS) is 11.8. The first-order chi connectivity index (χ1) is 6.38. The Morgan fingerprint density at radius 2 is 1.93 bits per heavy atom. The van der Waals surface area contributed by atoms with Crippen LogP contribution in [0.1, 0.15) is 13.8 Å². The van der Waals surface area contributed by atoms with Gasteiger partial charge in [0.15, 0.2) is 0 Å². The van der Waals surface area contributed by atoms with Gasteiger partial charge in [0, 0.05) is 10.6 Å². The van der Waals surface area contributed by atoms with E-state index in [2.05, 4.69) is 0 Å². The lowest BCUT2D eigenvalue weighted by Gasteiger charge is -2.16. The predicted octanol–water partition coefficient (Wildman–Crippen LogP) is 3.86. The van der Waals surface area contributed by atoms with Crippen molar-refractivity contribution >= 4 is 35.0 Å². The van der Waals surface area contributed by atoms with Gasteiger partial charge in [-0.3, -0.25) is 0 Å². The summed E-state index contributed by atoms with van der Waals surface area (Å²) in [6, 6.07) is 5.46. The SMILES string of the molecule is CC(C)(O)CSc1ccc(Cl)c(Cl)c1. The van der Waals surface area contributed by atoms with E-state index in [1.54, 1.807) is 37.7 Å². The van der Waals surface area contributed by atoms with Gasteiger partial charge in [-0.15, -0.1) is 11.8 Å². The van der Waals surface area contributed by atoms with Crippen LogP contribution in [0.4, 0.5) is 0 Å². The van der Waals surface area contributed by atoms with E-state index < -0.39 is 5.60 Å². The lowest BCUT2D eigenvalue weighted by atomic mass is 10.2. The van der Waals surface area contributed by atoms with Crippen molar-refractivity contribution in [2.45, 2.75) is 24.3 Å². The minimum Gasteiger partial charge on any atom is -0.390 e. The highest BCUT2D eigenvalue weighted by atomic mass is 35.5. The van der Waals surface area contributed by atoms with Crippen LogP contribution in [0.2, 0.25) is 10.0 Å². The van der Waals surface area contributed by atoms with Crippen LogP contribution in [0.15, 0.2) is 23.1 Å². The maximum absolute atomic E-state index is 9.52. The molecule has 0 radical (unpaired) electrons. The van der Waals surface area contributed by atoms with Crippen molar-refractivity contribution in [2.24, 2.45) is 0 Å². The lowest BCUT2D eigenvalue weighted by Crippen LogP contribution is -2.21. The fourth-order valence-electron chi connectivity index (χ4n) is 0.827. The second-order valence-electron chi connectivity index (χ2n) is 3.68. The van der Waals surface area contributed by atoms with Gasteiger partial charge in [0.25, 0.3) is 0 Å². The molecule has 1 aromatic carbocycles. The first kappa shape index (κ1) is 12.2. The Labute approximate surface area is 98.4 Å². The van der Waals surface area contributed by atoms with Crippen LogP contribution in [0.25, 0.3) is 0 Å². The van der Waals surface area contributed by atoms with Gasteiger partial charge in [-0.05, 0) is 32.0 Å². The van der Waals surface area contributed by atoms with Gasteiger partial charge in [-0.25, -0.2) is 0 Å². The van der Waals surface area contributed by atoms with Crippen LogP contribution in [0.5, 0.6) is 0 Å². The maximum Gasteiger partial charge on any atom is 0.0685 e. The fourth-order valence-corrected chi connectivity index (χ4v) is 2.07. The number of thioether (sulfide) groups is 1. The van der Waals surface area contributed by atoms with E-state index in [1.807, 2.05) is 6.07 Å². The summed E-state index contributed by atoms with van der Waals surface area (Å²) in [5.41, 5.74) is -0.670. The standard InChI is InChI=1S/C10H12Cl2OS/c1-10(2,13)6-14-7-3-4-8(11)9(12)5-7/h3-5,13H,6H2,1-2H3. The highest BCUT2D eigenvalue weighted by Gasteiger charge is 2.12. The molecule has 0 saturated carbocycles. The van der Waals surface area contributed by atoms with Crippen LogP contribution in [0, 0.1) is 0 Å². The molecule has 0 aliphatic carbocycles. The Kier molecular flexibility index (Phi) is 4.14. The molecular weight excluding hydrogens is 239 g/mol. The van der Waals surface area contributed by atoms with Crippen LogP contribution in [-0.2, 0) is 0 Å². The minimum absolute atomic E-state index is 0.549. The van der Waals surface area contributed by atoms with Gasteiger partial charge in [-0.2, -0.15) is 0 Å². The van der Waals surface area contributed by atoms with Crippen molar-refractivity contribution < 1.29 is 5.11 Å². The molecule has 0 aliphatic heterocycles. The molecule has 0 bridgehead atoms. The van der Waals surface area contributed by atoms with Crippen LogP contribution in [0.3, 0.4) is 0 Å². The largest absolute Gasteiger partial charge is 0.390 e. The van der Waals surface area contributed by atoms with Crippen molar-refractivity contribution in [3.8, 4) is 0 Å². The zero-order valence-corrected chi connectivity index (χ0v) is 10.4. The van der Waals surface area contributed by atoms with Crippen molar-refractivity contribution in [1.82, 2.24) is 0 Å². The Balaban J connectivity index is 2.65. The molecule has 0 atom stereocenters. The molecule has 0 heterocycles. The zero-order chi connectivity index (χ0) is 10.8. The van der Waals surface area contributed by atoms with E-state index in [9.17, 15) is 5.11 Å². The number of rotatable bonds is 3. The van der Waals surface area contributed by atoms with Crippen molar-refractivity contribution in [2.75, 3.05) is 5.75 Å². The van der Waals surface area contributed by atoms with Gasteiger partial charge in [-0.1, -0.05) is 23.2 Å². The van der Waals surface area contributed by atoms with Gasteiger partial charge >= 0.3 is 0 Å². The third-order valence-corrected chi connectivity index (χ3v) is 3.66. The average Bonchev–Trinajstić information content (AvgIpc) is 2.06. The molecule has 1 nitrogen and oxygen atoms in total. The minimum atomic E-state index is -0.670. The van der Waals surface area contributed by atoms with Gasteiger partial charge in [0.05, 0.1) is 15.6 Å². The first-order valence-corrected chi connectivity index (χ1v) is 5.93. The Morgan fingerprint density at radius 3 is 2.43 bits per heavy atom. The van der Waals surface area contributed by atoms with E-state index >= 15 is 0 Å². The van der Waals surface area contributed by atoms with E-state index in [-0.39, 0.29) is 0 Å². The van der Waals surface area contributed by atoms with Crippen LogP contribution >= 0.6 is 35.0 Å². The summed E-state index contributed by atoms with van der Waals surface area (Å²) in [5.74, 6) is 0.630. The third kappa shape index (κ3) is 4.09. The number of hydrogen-bond donors (Lipinski definition) is 1. The lowest BCUT2D eigenvalue weighted by molar-refractivity contribution is 0.107. The predicted molar refractivity (Wildman–Crippen MR) is 63.5 cm³/mol. The summed E-state index contributed by atoms with van der Waals surface area (Å²) < 4.78 is 0. The van der Waals surface area contributed by atoms with Crippen molar-refractivity contribution in [3.63, 3.8) is 0 Å². The monoisotopic (exact) mass is 250 g/mol. The highest BCUT2D eigenvalue weighted by Crippen LogP contribution is 2.29. The third-order valence-electron chi connectivity index (χ3n) is 1.48. The molecule has 78 valence electrons. The Hall–Kier alpha value is 0.110. The van der Waals surface area contributed by atoms with Gasteiger partial charge in [0.1, 0.15) is 0 Å². The van der Waals surface area contributed by atoms with E-state index in [4.69, 9.17) is 23.2 Å². The topological polar surface area (TPSA) is 20.2 Å². The fraction of sp³-hybridized carbons (Fsp3) is 0.400. The second kappa shape index (κ2) is 4.75. The number of hydrogen-bond acceptors (Lipinski definition) is 2. The smallest absolute Gasteiger partial charge is 0.0685 e. The molecule has 1 rings (SSSR count). The quantitative estimate of drug-likeness (QED) is 0.823. The Bertz CT molecular complexity index is 320. The van der Waals surface area contributed by atoms with Gasteiger partial charge in [0.2, 0.25) is 0 Å². The highest BCUT2D eigenvalue weighted by molar-refractivity contribution is 7.99. The van der Waals surface area contributed by atoms with Crippen LogP contribution < -0.4 is 0 Å². The maximum atomic E-state index is 9.52.